The Balaban J connectivity index is 1.85. The van der Waals surface area contributed by atoms with E-state index in [1.54, 1.807) is 6.07 Å². The zero-order chi connectivity index (χ0) is 16.8. The number of nitrogens with one attached hydrogen (secondary N) is 1. The van der Waals surface area contributed by atoms with Gasteiger partial charge < -0.3 is 10.4 Å². The largest absolute Gasteiger partial charge is 0.478 e. The quantitative estimate of drug-likeness (QED) is 0.694. The number of carboxylic acid groups (broad SMARTS) is 1. The fourth-order valence-electron chi connectivity index (χ4n) is 3.81. The normalized spacial score (nSPS) is 24.2. The van der Waals surface area contributed by atoms with E-state index in [0.717, 1.165) is 28.3 Å². The lowest BCUT2D eigenvalue weighted by Gasteiger charge is -2.38. The number of hydrogen-bond acceptors (Lipinski definition) is 2. The number of halogens is 2. The van der Waals surface area contributed by atoms with Crippen molar-refractivity contribution in [2.75, 3.05) is 5.32 Å². The minimum absolute atomic E-state index is 0.0411. The highest BCUT2D eigenvalue weighted by atomic mass is 35.5. The first-order chi connectivity index (χ1) is 11.6. The molecule has 0 fully saturated rings. The smallest absolute Gasteiger partial charge is 0.335 e. The Bertz CT molecular complexity index is 862. The molecule has 0 spiro atoms. The molecular weight excluding hydrogens is 345 g/mol. The highest BCUT2D eigenvalue weighted by molar-refractivity contribution is 6.34. The van der Waals surface area contributed by atoms with E-state index in [1.807, 2.05) is 24.3 Å². The van der Waals surface area contributed by atoms with Crippen LogP contribution in [0.15, 0.2) is 48.6 Å². The van der Waals surface area contributed by atoms with Crippen LogP contribution in [0.5, 0.6) is 0 Å². The van der Waals surface area contributed by atoms with Crippen molar-refractivity contribution >= 4 is 34.9 Å². The highest BCUT2D eigenvalue weighted by Crippen LogP contribution is 2.52. The van der Waals surface area contributed by atoms with Crippen molar-refractivity contribution in [3.63, 3.8) is 0 Å². The molecule has 3 atom stereocenters. The Morgan fingerprint density at radius 3 is 2.67 bits per heavy atom. The van der Waals surface area contributed by atoms with Crippen LogP contribution in [0.4, 0.5) is 5.69 Å². The van der Waals surface area contributed by atoms with Gasteiger partial charge in [-0.05, 0) is 41.7 Å². The van der Waals surface area contributed by atoms with Crippen LogP contribution in [0.2, 0.25) is 10.0 Å². The Kier molecular flexibility index (Phi) is 3.78. The molecule has 2 aliphatic rings. The SMILES string of the molecule is O=C(O)c1cc(Cl)c2c(c1)[C@@H]1C=CC[C@@H]1[C@H](c1ccccc1Cl)N2. The summed E-state index contributed by atoms with van der Waals surface area (Å²) in [5.41, 5.74) is 3.01. The van der Waals surface area contributed by atoms with Crippen molar-refractivity contribution in [1.29, 1.82) is 0 Å². The van der Waals surface area contributed by atoms with Gasteiger partial charge in [0.15, 0.2) is 0 Å². The van der Waals surface area contributed by atoms with Gasteiger partial charge in [-0.2, -0.15) is 0 Å². The van der Waals surface area contributed by atoms with Gasteiger partial charge >= 0.3 is 5.97 Å². The summed E-state index contributed by atoms with van der Waals surface area (Å²) in [4.78, 5) is 11.3. The van der Waals surface area contributed by atoms with Crippen molar-refractivity contribution in [2.45, 2.75) is 18.4 Å². The second kappa shape index (κ2) is 5.83. The molecule has 1 aliphatic carbocycles. The number of hydrogen-bond donors (Lipinski definition) is 2. The van der Waals surface area contributed by atoms with E-state index in [0.29, 0.717) is 5.02 Å². The Morgan fingerprint density at radius 2 is 1.92 bits per heavy atom. The van der Waals surface area contributed by atoms with Crippen LogP contribution < -0.4 is 5.32 Å². The van der Waals surface area contributed by atoms with Gasteiger partial charge in [-0.1, -0.05) is 53.6 Å². The van der Waals surface area contributed by atoms with E-state index in [9.17, 15) is 9.90 Å². The fourth-order valence-corrected chi connectivity index (χ4v) is 4.35. The van der Waals surface area contributed by atoms with Gasteiger partial charge in [-0.3, -0.25) is 0 Å². The highest BCUT2D eigenvalue weighted by Gasteiger charge is 2.39. The maximum atomic E-state index is 11.3. The first-order valence-electron chi connectivity index (χ1n) is 7.80. The Labute approximate surface area is 149 Å². The fraction of sp³-hybridized carbons (Fsp3) is 0.211. The lowest BCUT2D eigenvalue weighted by atomic mass is 9.76. The van der Waals surface area contributed by atoms with E-state index in [4.69, 9.17) is 23.2 Å². The van der Waals surface area contributed by atoms with Crippen LogP contribution in [0.25, 0.3) is 0 Å². The minimum Gasteiger partial charge on any atom is -0.478 e. The molecule has 0 unspecified atom stereocenters. The summed E-state index contributed by atoms with van der Waals surface area (Å²) in [6, 6.07) is 11.1. The predicted molar refractivity (Wildman–Crippen MR) is 96.2 cm³/mol. The number of aromatic carboxylic acids is 1. The number of carboxylic acids is 1. The molecule has 4 rings (SSSR count). The van der Waals surface area contributed by atoms with Gasteiger partial charge in [0.2, 0.25) is 0 Å². The summed E-state index contributed by atoms with van der Waals surface area (Å²) in [6.45, 7) is 0. The lowest BCUT2D eigenvalue weighted by molar-refractivity contribution is 0.0696. The van der Waals surface area contributed by atoms with E-state index >= 15 is 0 Å². The van der Waals surface area contributed by atoms with Crippen molar-refractivity contribution < 1.29 is 9.90 Å². The molecule has 2 N–H and O–H groups in total. The third-order valence-corrected chi connectivity index (χ3v) is 5.55. The van der Waals surface area contributed by atoms with E-state index in [1.165, 1.54) is 6.07 Å². The molecule has 0 bridgehead atoms. The van der Waals surface area contributed by atoms with E-state index < -0.39 is 5.97 Å². The van der Waals surface area contributed by atoms with Crippen LogP contribution >= 0.6 is 23.2 Å². The Hall–Kier alpha value is -1.97. The molecule has 122 valence electrons. The molecule has 5 heteroatoms. The van der Waals surface area contributed by atoms with Crippen LogP contribution in [0.3, 0.4) is 0 Å². The predicted octanol–water partition coefficient (Wildman–Crippen LogP) is 5.52. The van der Waals surface area contributed by atoms with Crippen molar-refractivity contribution in [2.24, 2.45) is 5.92 Å². The lowest BCUT2D eigenvalue weighted by Crippen LogP contribution is -2.29. The van der Waals surface area contributed by atoms with Crippen LogP contribution in [0.1, 0.15) is 39.9 Å². The van der Waals surface area contributed by atoms with Gasteiger partial charge in [-0.15, -0.1) is 0 Å². The zero-order valence-corrected chi connectivity index (χ0v) is 14.2. The molecule has 2 aromatic carbocycles. The summed E-state index contributed by atoms with van der Waals surface area (Å²) >= 11 is 12.8. The van der Waals surface area contributed by atoms with Crippen LogP contribution in [0, 0.1) is 5.92 Å². The number of anilines is 1. The molecule has 0 radical (unpaired) electrons. The third kappa shape index (κ3) is 2.40. The summed E-state index contributed by atoms with van der Waals surface area (Å²) < 4.78 is 0. The second-order valence-electron chi connectivity index (χ2n) is 6.22. The summed E-state index contributed by atoms with van der Waals surface area (Å²) in [6.07, 6.45) is 5.22. The molecule has 0 amide bonds. The summed E-state index contributed by atoms with van der Waals surface area (Å²) in [5.74, 6) is -0.539. The summed E-state index contributed by atoms with van der Waals surface area (Å²) in [7, 11) is 0. The van der Waals surface area contributed by atoms with Gasteiger partial charge in [0, 0.05) is 10.9 Å². The molecule has 0 aromatic heterocycles. The van der Waals surface area contributed by atoms with Gasteiger partial charge in [-0.25, -0.2) is 4.79 Å². The van der Waals surface area contributed by atoms with Gasteiger partial charge in [0.05, 0.1) is 22.3 Å². The van der Waals surface area contributed by atoms with Crippen molar-refractivity contribution in [3.05, 3.63) is 75.3 Å². The van der Waals surface area contributed by atoms with Crippen molar-refractivity contribution in [1.82, 2.24) is 0 Å². The average molecular weight is 360 g/mol. The molecule has 1 heterocycles. The minimum atomic E-state index is -0.966. The number of carbonyl (C=O) groups is 1. The second-order valence-corrected chi connectivity index (χ2v) is 7.04. The molecule has 0 saturated carbocycles. The van der Waals surface area contributed by atoms with E-state index in [-0.39, 0.29) is 23.4 Å². The maximum absolute atomic E-state index is 11.3. The molecule has 24 heavy (non-hydrogen) atoms. The topological polar surface area (TPSA) is 49.3 Å². The standard InChI is InChI=1S/C19H15Cl2NO2/c20-15-7-2-1-4-13(15)17-12-6-3-5-11(12)14-8-10(19(23)24)9-16(21)18(14)22-17/h1-5,7-9,11-12,17,22H,6H2,(H,23,24)/t11-,12+,17-/m1/s1. The number of rotatable bonds is 2. The monoisotopic (exact) mass is 359 g/mol. The summed E-state index contributed by atoms with van der Waals surface area (Å²) in [5, 5.41) is 14.0. The maximum Gasteiger partial charge on any atom is 0.335 e. The van der Waals surface area contributed by atoms with Crippen LogP contribution in [-0.4, -0.2) is 11.1 Å². The third-order valence-electron chi connectivity index (χ3n) is 4.91. The zero-order valence-electron chi connectivity index (χ0n) is 12.7. The molecule has 2 aromatic rings. The average Bonchev–Trinajstić information content (AvgIpc) is 3.05. The first-order valence-corrected chi connectivity index (χ1v) is 8.56. The Morgan fingerprint density at radius 1 is 1.12 bits per heavy atom. The van der Waals surface area contributed by atoms with Gasteiger partial charge in [0.1, 0.15) is 0 Å². The van der Waals surface area contributed by atoms with E-state index in [2.05, 4.69) is 17.5 Å². The number of allylic oxidation sites excluding steroid dienone is 2. The molecule has 0 saturated heterocycles. The molecule has 3 nitrogen and oxygen atoms in total. The molecular formula is C19H15Cl2NO2. The van der Waals surface area contributed by atoms with Crippen LogP contribution in [-0.2, 0) is 0 Å². The molecule has 1 aliphatic heterocycles. The van der Waals surface area contributed by atoms with Crippen molar-refractivity contribution in [3.8, 4) is 0 Å². The number of fused-ring (bicyclic) bond motifs is 3. The number of benzene rings is 2. The first kappa shape index (κ1) is 15.6. The van der Waals surface area contributed by atoms with Gasteiger partial charge in [0.25, 0.3) is 0 Å².